The van der Waals surface area contributed by atoms with Crippen LogP contribution < -0.4 is 5.32 Å². The molecule has 0 spiro atoms. The van der Waals surface area contributed by atoms with Gasteiger partial charge in [-0.25, -0.2) is 0 Å². The molecule has 0 radical (unpaired) electrons. The number of hydrogen-bond donors (Lipinski definition) is 1. The fourth-order valence-electron chi connectivity index (χ4n) is 2.09. The maximum absolute atomic E-state index is 12.0. The number of carbonyl (C=O) groups is 2. The Labute approximate surface area is 131 Å². The van der Waals surface area contributed by atoms with Crippen LogP contribution in [-0.2, 0) is 16.1 Å². The van der Waals surface area contributed by atoms with E-state index in [-0.39, 0.29) is 17.7 Å². The van der Waals surface area contributed by atoms with Crippen LogP contribution in [0.3, 0.4) is 0 Å². The van der Waals surface area contributed by atoms with Gasteiger partial charge in [-0.2, -0.15) is 0 Å². The summed E-state index contributed by atoms with van der Waals surface area (Å²) in [6.45, 7) is 3.11. The van der Waals surface area contributed by atoms with Crippen LogP contribution in [0.2, 0.25) is 0 Å². The van der Waals surface area contributed by atoms with Crippen molar-refractivity contribution in [2.24, 2.45) is 11.8 Å². The molecular formula is C14H19BrN2O2S. The summed E-state index contributed by atoms with van der Waals surface area (Å²) >= 11 is 5.02. The van der Waals surface area contributed by atoms with E-state index in [1.807, 2.05) is 11.4 Å². The van der Waals surface area contributed by atoms with Crippen molar-refractivity contribution in [2.45, 2.75) is 26.3 Å². The molecule has 1 aromatic heterocycles. The lowest BCUT2D eigenvalue weighted by atomic mass is 10.3. The minimum Gasteiger partial charge on any atom is -0.355 e. The third kappa shape index (κ3) is 4.31. The van der Waals surface area contributed by atoms with Gasteiger partial charge >= 0.3 is 0 Å². The molecular weight excluding hydrogens is 340 g/mol. The summed E-state index contributed by atoms with van der Waals surface area (Å²) in [6.07, 6.45) is 1.33. The maximum atomic E-state index is 12.0. The first-order valence-electron chi connectivity index (χ1n) is 6.72. The Balaban J connectivity index is 1.67. The third-order valence-corrected chi connectivity index (χ3v) is 5.10. The lowest BCUT2D eigenvalue weighted by Crippen LogP contribution is -2.32. The van der Waals surface area contributed by atoms with E-state index < -0.39 is 0 Å². The highest BCUT2D eigenvalue weighted by Gasteiger charge is 2.38. The van der Waals surface area contributed by atoms with Gasteiger partial charge in [0.25, 0.3) is 0 Å². The van der Waals surface area contributed by atoms with E-state index in [0.29, 0.717) is 25.4 Å². The molecule has 6 heteroatoms. The van der Waals surface area contributed by atoms with Gasteiger partial charge in [-0.1, -0.05) is 6.92 Å². The molecule has 0 bridgehead atoms. The van der Waals surface area contributed by atoms with Crippen molar-refractivity contribution >= 4 is 39.1 Å². The number of nitrogens with zero attached hydrogens (tertiary/aromatic N) is 1. The first-order valence-corrected chi connectivity index (χ1v) is 8.39. The molecule has 1 saturated carbocycles. The zero-order chi connectivity index (χ0) is 14.7. The fourth-order valence-corrected chi connectivity index (χ4v) is 3.29. The predicted octanol–water partition coefficient (Wildman–Crippen LogP) is 2.63. The molecule has 0 unspecified atom stereocenters. The van der Waals surface area contributed by atoms with Crippen molar-refractivity contribution < 1.29 is 9.59 Å². The van der Waals surface area contributed by atoms with Gasteiger partial charge in [0.2, 0.25) is 11.8 Å². The van der Waals surface area contributed by atoms with E-state index in [9.17, 15) is 9.59 Å². The SMILES string of the molecule is C[C@@H]1C[C@@H]1C(=O)NCCC(=O)N(C)Cc1csc(Br)c1. The predicted molar refractivity (Wildman–Crippen MR) is 83.4 cm³/mol. The number of carbonyl (C=O) groups excluding carboxylic acids is 2. The number of rotatable bonds is 6. The summed E-state index contributed by atoms with van der Waals surface area (Å²) in [7, 11) is 1.79. The van der Waals surface area contributed by atoms with E-state index in [0.717, 1.165) is 15.8 Å². The first-order chi connectivity index (χ1) is 9.47. The topological polar surface area (TPSA) is 49.4 Å². The largest absolute Gasteiger partial charge is 0.355 e. The first kappa shape index (κ1) is 15.5. The Morgan fingerprint density at radius 1 is 1.55 bits per heavy atom. The van der Waals surface area contributed by atoms with E-state index in [1.165, 1.54) is 0 Å². The summed E-state index contributed by atoms with van der Waals surface area (Å²) in [5.41, 5.74) is 1.12. The number of amides is 2. The van der Waals surface area contributed by atoms with Crippen LogP contribution >= 0.6 is 27.3 Å². The molecule has 1 N–H and O–H groups in total. The van der Waals surface area contributed by atoms with Crippen molar-refractivity contribution in [3.8, 4) is 0 Å². The quantitative estimate of drug-likeness (QED) is 0.849. The van der Waals surface area contributed by atoms with E-state index in [4.69, 9.17) is 0 Å². The van der Waals surface area contributed by atoms with Crippen LogP contribution in [0.5, 0.6) is 0 Å². The second-order valence-corrected chi connectivity index (χ2v) is 7.66. The van der Waals surface area contributed by atoms with Crippen LogP contribution in [0.15, 0.2) is 15.2 Å². The number of hydrogen-bond acceptors (Lipinski definition) is 3. The highest BCUT2D eigenvalue weighted by Crippen LogP contribution is 2.37. The summed E-state index contributed by atoms with van der Waals surface area (Å²) in [5, 5.41) is 4.87. The van der Waals surface area contributed by atoms with Gasteiger partial charge in [-0.3, -0.25) is 9.59 Å². The normalized spacial score (nSPS) is 20.6. The van der Waals surface area contributed by atoms with Crippen molar-refractivity contribution in [3.63, 3.8) is 0 Å². The lowest BCUT2D eigenvalue weighted by Gasteiger charge is -2.16. The molecule has 1 aliphatic rings. The summed E-state index contributed by atoms with van der Waals surface area (Å²) < 4.78 is 1.07. The zero-order valence-electron chi connectivity index (χ0n) is 11.7. The number of nitrogens with one attached hydrogen (secondary N) is 1. The molecule has 0 saturated heterocycles. The average molecular weight is 359 g/mol. The second kappa shape index (κ2) is 6.72. The fraction of sp³-hybridized carbons (Fsp3) is 0.571. The highest BCUT2D eigenvalue weighted by atomic mass is 79.9. The number of halogens is 1. The molecule has 2 atom stereocenters. The zero-order valence-corrected chi connectivity index (χ0v) is 14.1. The van der Waals surface area contributed by atoms with Gasteiger partial charge < -0.3 is 10.2 Å². The molecule has 0 aliphatic heterocycles. The molecule has 2 rings (SSSR count). The van der Waals surface area contributed by atoms with E-state index in [1.54, 1.807) is 23.3 Å². The van der Waals surface area contributed by atoms with Crippen molar-refractivity contribution in [3.05, 3.63) is 20.8 Å². The van der Waals surface area contributed by atoms with Crippen LogP contribution in [-0.4, -0.2) is 30.3 Å². The average Bonchev–Trinajstić information content (AvgIpc) is 2.99. The Morgan fingerprint density at radius 2 is 2.25 bits per heavy atom. The Morgan fingerprint density at radius 3 is 2.80 bits per heavy atom. The van der Waals surface area contributed by atoms with Gasteiger partial charge in [-0.15, -0.1) is 11.3 Å². The van der Waals surface area contributed by atoms with Crippen molar-refractivity contribution in [1.82, 2.24) is 10.2 Å². The molecule has 0 aromatic carbocycles. The Kier molecular flexibility index (Phi) is 5.21. The molecule has 4 nitrogen and oxygen atoms in total. The minimum absolute atomic E-state index is 0.0523. The Bertz CT molecular complexity index is 503. The molecule has 1 fully saturated rings. The third-order valence-electron chi connectivity index (χ3n) is 3.55. The molecule has 1 aliphatic carbocycles. The number of thiophene rings is 1. The summed E-state index contributed by atoms with van der Waals surface area (Å²) in [4.78, 5) is 25.3. The second-order valence-electron chi connectivity index (χ2n) is 5.37. The summed E-state index contributed by atoms with van der Waals surface area (Å²) in [5.74, 6) is 0.822. The van der Waals surface area contributed by atoms with E-state index in [2.05, 4.69) is 28.2 Å². The van der Waals surface area contributed by atoms with Gasteiger partial charge in [-0.05, 0) is 45.3 Å². The van der Waals surface area contributed by atoms with Crippen molar-refractivity contribution in [1.29, 1.82) is 0 Å². The van der Waals surface area contributed by atoms with Crippen LogP contribution in [0.1, 0.15) is 25.3 Å². The highest BCUT2D eigenvalue weighted by molar-refractivity contribution is 9.11. The minimum atomic E-state index is 0.0523. The molecule has 1 heterocycles. The van der Waals surface area contributed by atoms with Gasteiger partial charge in [0, 0.05) is 32.5 Å². The van der Waals surface area contributed by atoms with Crippen LogP contribution in [0, 0.1) is 11.8 Å². The summed E-state index contributed by atoms with van der Waals surface area (Å²) in [6, 6.07) is 2.02. The van der Waals surface area contributed by atoms with Gasteiger partial charge in [0.1, 0.15) is 0 Å². The van der Waals surface area contributed by atoms with Gasteiger partial charge in [0.15, 0.2) is 0 Å². The van der Waals surface area contributed by atoms with Gasteiger partial charge in [0.05, 0.1) is 3.79 Å². The Hall–Kier alpha value is -0.880. The molecule has 20 heavy (non-hydrogen) atoms. The monoisotopic (exact) mass is 358 g/mol. The van der Waals surface area contributed by atoms with Crippen molar-refractivity contribution in [2.75, 3.05) is 13.6 Å². The molecule has 2 amide bonds. The molecule has 110 valence electrons. The van der Waals surface area contributed by atoms with E-state index >= 15 is 0 Å². The lowest BCUT2D eigenvalue weighted by molar-refractivity contribution is -0.130. The maximum Gasteiger partial charge on any atom is 0.224 e. The standard InChI is InChI=1S/C14H19BrN2O2S/c1-9-5-11(9)14(19)16-4-3-13(18)17(2)7-10-6-12(15)20-8-10/h6,8-9,11H,3-5,7H2,1-2H3,(H,16,19)/t9-,11+/m1/s1. The molecule has 1 aromatic rings. The van der Waals surface area contributed by atoms with Crippen LogP contribution in [0.25, 0.3) is 0 Å². The smallest absolute Gasteiger partial charge is 0.224 e. The van der Waals surface area contributed by atoms with Crippen LogP contribution in [0.4, 0.5) is 0 Å².